The first-order valence-corrected chi connectivity index (χ1v) is 10.8. The molecule has 25 heavy (non-hydrogen) atoms. The van der Waals surface area contributed by atoms with Crippen molar-refractivity contribution in [3.05, 3.63) is 20.8 Å². The Morgan fingerprint density at radius 1 is 1.36 bits per heavy atom. The van der Waals surface area contributed by atoms with Gasteiger partial charge in [0.2, 0.25) is 5.91 Å². The molecule has 0 fully saturated rings. The third kappa shape index (κ3) is 3.62. The van der Waals surface area contributed by atoms with Gasteiger partial charge in [0.1, 0.15) is 4.83 Å². The van der Waals surface area contributed by atoms with Gasteiger partial charge in [0, 0.05) is 25.0 Å². The highest BCUT2D eigenvalue weighted by Gasteiger charge is 2.23. The minimum atomic E-state index is 0.0256. The first kappa shape index (κ1) is 18.5. The number of rotatable bonds is 7. The first-order valence-electron chi connectivity index (χ1n) is 8.98. The SMILES string of the molecule is CCCCN(CC)C(=O)CSc1nc2sc3c(c2c(=O)n1C)CCC3. The summed E-state index contributed by atoms with van der Waals surface area (Å²) in [5, 5.41) is 1.44. The van der Waals surface area contributed by atoms with E-state index in [1.54, 1.807) is 23.0 Å². The topological polar surface area (TPSA) is 55.2 Å². The number of thioether (sulfide) groups is 1. The van der Waals surface area contributed by atoms with Gasteiger partial charge in [-0.3, -0.25) is 14.2 Å². The Balaban J connectivity index is 1.79. The van der Waals surface area contributed by atoms with Crippen LogP contribution >= 0.6 is 23.1 Å². The number of amides is 1. The molecule has 0 saturated carbocycles. The third-order valence-corrected chi connectivity index (χ3v) is 6.95. The van der Waals surface area contributed by atoms with Crippen LogP contribution in [0.4, 0.5) is 0 Å². The fourth-order valence-corrected chi connectivity index (χ4v) is 5.44. The Morgan fingerprint density at radius 3 is 2.88 bits per heavy atom. The number of aryl methyl sites for hydroxylation is 2. The average molecular weight is 380 g/mol. The first-order chi connectivity index (χ1) is 12.1. The van der Waals surface area contributed by atoms with Gasteiger partial charge in [0.15, 0.2) is 5.16 Å². The smallest absolute Gasteiger partial charge is 0.262 e. The van der Waals surface area contributed by atoms with Crippen LogP contribution in [-0.2, 0) is 24.7 Å². The van der Waals surface area contributed by atoms with Crippen molar-refractivity contribution in [3.63, 3.8) is 0 Å². The molecule has 2 aromatic rings. The number of carbonyl (C=O) groups excluding carboxylic acids is 1. The zero-order valence-corrected chi connectivity index (χ0v) is 16.8. The standard InChI is InChI=1S/C18H25N3O2S2/c1-4-6-10-21(5-2)14(22)11-24-18-19-16-15(17(23)20(18)3)12-8-7-9-13(12)25-16/h4-11H2,1-3H3. The average Bonchev–Trinajstić information content (AvgIpc) is 3.18. The molecule has 0 unspecified atom stereocenters. The molecule has 0 N–H and O–H groups in total. The minimum absolute atomic E-state index is 0.0256. The summed E-state index contributed by atoms with van der Waals surface area (Å²) in [4.78, 5) is 33.9. The highest BCUT2D eigenvalue weighted by Crippen LogP contribution is 2.35. The maximum Gasteiger partial charge on any atom is 0.262 e. The second-order valence-corrected chi connectivity index (χ2v) is 8.44. The molecule has 0 aromatic carbocycles. The molecular weight excluding hydrogens is 354 g/mol. The van der Waals surface area contributed by atoms with E-state index in [9.17, 15) is 9.59 Å². The minimum Gasteiger partial charge on any atom is -0.342 e. The Bertz CT molecular complexity index is 841. The number of aromatic nitrogens is 2. The van der Waals surface area contributed by atoms with E-state index in [2.05, 4.69) is 6.92 Å². The Kier molecular flexibility index (Phi) is 5.84. The van der Waals surface area contributed by atoms with Crippen molar-refractivity contribution < 1.29 is 4.79 Å². The number of hydrogen-bond acceptors (Lipinski definition) is 5. The van der Waals surface area contributed by atoms with E-state index in [4.69, 9.17) is 4.98 Å². The van der Waals surface area contributed by atoms with Gasteiger partial charge < -0.3 is 4.90 Å². The van der Waals surface area contributed by atoms with Crippen LogP contribution in [0.3, 0.4) is 0 Å². The van der Waals surface area contributed by atoms with E-state index < -0.39 is 0 Å². The predicted octanol–water partition coefficient (Wildman–Crippen LogP) is 3.22. The van der Waals surface area contributed by atoms with Crippen LogP contribution in [0, 0.1) is 0 Å². The van der Waals surface area contributed by atoms with Crippen molar-refractivity contribution in [2.24, 2.45) is 7.05 Å². The lowest BCUT2D eigenvalue weighted by Gasteiger charge is -2.20. The van der Waals surface area contributed by atoms with Gasteiger partial charge in [0.05, 0.1) is 11.1 Å². The summed E-state index contributed by atoms with van der Waals surface area (Å²) in [7, 11) is 1.76. The van der Waals surface area contributed by atoms with Crippen LogP contribution in [0.2, 0.25) is 0 Å². The van der Waals surface area contributed by atoms with Gasteiger partial charge in [-0.1, -0.05) is 25.1 Å². The molecule has 136 valence electrons. The quantitative estimate of drug-likeness (QED) is 0.547. The summed E-state index contributed by atoms with van der Waals surface area (Å²) in [5.41, 5.74) is 1.23. The molecule has 5 nitrogen and oxygen atoms in total. The Hall–Kier alpha value is -1.34. The van der Waals surface area contributed by atoms with Crippen molar-refractivity contribution in [3.8, 4) is 0 Å². The normalized spacial score (nSPS) is 13.4. The zero-order valence-electron chi connectivity index (χ0n) is 15.1. The van der Waals surface area contributed by atoms with Gasteiger partial charge in [-0.2, -0.15) is 0 Å². The van der Waals surface area contributed by atoms with Crippen molar-refractivity contribution in [1.29, 1.82) is 0 Å². The number of thiophene rings is 1. The highest BCUT2D eigenvalue weighted by atomic mass is 32.2. The number of fused-ring (bicyclic) bond motifs is 3. The molecule has 0 spiro atoms. The van der Waals surface area contributed by atoms with Gasteiger partial charge in [-0.15, -0.1) is 11.3 Å². The summed E-state index contributed by atoms with van der Waals surface area (Å²) < 4.78 is 1.61. The van der Waals surface area contributed by atoms with E-state index in [0.29, 0.717) is 10.9 Å². The van der Waals surface area contributed by atoms with Gasteiger partial charge in [-0.05, 0) is 38.2 Å². The molecule has 2 aromatic heterocycles. The zero-order chi connectivity index (χ0) is 18.0. The van der Waals surface area contributed by atoms with E-state index in [0.717, 1.165) is 55.4 Å². The van der Waals surface area contributed by atoms with Crippen LogP contribution in [0.5, 0.6) is 0 Å². The molecule has 7 heteroatoms. The van der Waals surface area contributed by atoms with Crippen molar-refractivity contribution in [2.75, 3.05) is 18.8 Å². The van der Waals surface area contributed by atoms with E-state index in [1.807, 2.05) is 11.8 Å². The van der Waals surface area contributed by atoms with Crippen LogP contribution in [0.15, 0.2) is 9.95 Å². The molecule has 1 aliphatic rings. The number of carbonyl (C=O) groups is 1. The van der Waals surface area contributed by atoms with Crippen molar-refractivity contribution in [1.82, 2.24) is 14.5 Å². The fraction of sp³-hybridized carbons (Fsp3) is 0.611. The highest BCUT2D eigenvalue weighted by molar-refractivity contribution is 7.99. The molecule has 2 heterocycles. The fourth-order valence-electron chi connectivity index (χ4n) is 3.26. The summed E-state index contributed by atoms with van der Waals surface area (Å²) in [6.45, 7) is 5.66. The van der Waals surface area contributed by atoms with Crippen molar-refractivity contribution >= 4 is 39.2 Å². The molecule has 0 saturated heterocycles. The molecule has 1 amide bonds. The Morgan fingerprint density at radius 2 is 2.16 bits per heavy atom. The number of nitrogens with zero attached hydrogens (tertiary/aromatic N) is 3. The monoisotopic (exact) mass is 379 g/mol. The van der Waals surface area contributed by atoms with Crippen LogP contribution < -0.4 is 5.56 Å². The summed E-state index contributed by atoms with van der Waals surface area (Å²) >= 11 is 3.02. The molecule has 0 radical (unpaired) electrons. The molecular formula is C18H25N3O2S2. The maximum absolute atomic E-state index is 12.8. The van der Waals surface area contributed by atoms with Crippen molar-refractivity contribution in [2.45, 2.75) is 51.1 Å². The molecule has 1 aliphatic carbocycles. The Labute approximate surface area is 156 Å². The number of hydrogen-bond donors (Lipinski definition) is 0. The van der Waals surface area contributed by atoms with E-state index in [-0.39, 0.29) is 11.5 Å². The second kappa shape index (κ2) is 7.91. The van der Waals surface area contributed by atoms with Crippen LogP contribution in [-0.4, -0.2) is 39.2 Å². The summed E-state index contributed by atoms with van der Waals surface area (Å²) in [5.74, 6) is 0.443. The number of unbranched alkanes of at least 4 members (excludes halogenated alkanes) is 1. The van der Waals surface area contributed by atoms with E-state index in [1.165, 1.54) is 22.2 Å². The molecule has 0 atom stereocenters. The molecule has 0 aliphatic heterocycles. The lowest BCUT2D eigenvalue weighted by Crippen LogP contribution is -2.33. The van der Waals surface area contributed by atoms with Crippen LogP contribution in [0.1, 0.15) is 43.6 Å². The third-order valence-electron chi connectivity index (χ3n) is 4.75. The van der Waals surface area contributed by atoms with Gasteiger partial charge in [0.25, 0.3) is 5.56 Å². The summed E-state index contributed by atoms with van der Waals surface area (Å²) in [6, 6.07) is 0. The molecule has 0 bridgehead atoms. The lowest BCUT2D eigenvalue weighted by atomic mass is 10.2. The second-order valence-electron chi connectivity index (χ2n) is 6.41. The predicted molar refractivity (Wildman–Crippen MR) is 105 cm³/mol. The van der Waals surface area contributed by atoms with E-state index >= 15 is 0 Å². The van der Waals surface area contributed by atoms with Gasteiger partial charge in [-0.25, -0.2) is 4.98 Å². The largest absolute Gasteiger partial charge is 0.342 e. The summed E-state index contributed by atoms with van der Waals surface area (Å²) in [6.07, 6.45) is 5.28. The molecule has 3 rings (SSSR count). The van der Waals surface area contributed by atoms with Crippen LogP contribution in [0.25, 0.3) is 10.2 Å². The lowest BCUT2D eigenvalue weighted by molar-refractivity contribution is -0.128. The van der Waals surface area contributed by atoms with Gasteiger partial charge >= 0.3 is 0 Å². The maximum atomic E-state index is 12.8.